The fourth-order valence-electron chi connectivity index (χ4n) is 5.19. The molecule has 0 spiro atoms. The Bertz CT molecular complexity index is 1320. The van der Waals surface area contributed by atoms with Crippen molar-refractivity contribution in [2.24, 2.45) is 0 Å². The number of pyridine rings is 2. The van der Waals surface area contributed by atoms with Crippen LogP contribution in [0.4, 0.5) is 17.5 Å². The number of hydrogen-bond donors (Lipinski definition) is 2. The first-order chi connectivity index (χ1) is 17.0. The number of anilines is 3. The Morgan fingerprint density at radius 1 is 1.17 bits per heavy atom. The van der Waals surface area contributed by atoms with Crippen LogP contribution in [0, 0.1) is 6.92 Å². The summed E-state index contributed by atoms with van der Waals surface area (Å²) in [5, 5.41) is 7.23. The number of hydrogen-bond acceptors (Lipinski definition) is 9. The number of nitrogens with one attached hydrogen (secondary N) is 2. The molecule has 1 saturated carbocycles. The number of rotatable bonds is 6. The first-order valence-corrected chi connectivity index (χ1v) is 12.2. The van der Waals surface area contributed by atoms with Crippen molar-refractivity contribution in [1.29, 1.82) is 0 Å². The number of piperazine rings is 1. The number of ketones is 1. The molecule has 35 heavy (non-hydrogen) atoms. The zero-order valence-corrected chi connectivity index (χ0v) is 20.4. The third kappa shape index (κ3) is 4.34. The number of nitrogens with zero attached hydrogens (tertiary/aromatic N) is 5. The molecule has 0 bridgehead atoms. The molecule has 5 rings (SSSR count). The van der Waals surface area contributed by atoms with E-state index in [0.29, 0.717) is 34.1 Å². The second-order valence-corrected chi connectivity index (χ2v) is 9.21. The number of aryl methyl sites for hydroxylation is 1. The number of carbonyl (C=O) groups excluding carboxylic acids is 1. The molecule has 4 heterocycles. The highest BCUT2D eigenvalue weighted by molar-refractivity contribution is 5.99. The highest BCUT2D eigenvalue weighted by atomic mass is 16.5. The Balaban J connectivity index is 1.55. The predicted molar refractivity (Wildman–Crippen MR) is 135 cm³/mol. The van der Waals surface area contributed by atoms with Crippen molar-refractivity contribution in [3.8, 4) is 5.75 Å². The van der Waals surface area contributed by atoms with Crippen LogP contribution in [0.15, 0.2) is 23.3 Å². The maximum atomic E-state index is 13.4. The van der Waals surface area contributed by atoms with Gasteiger partial charge in [-0.1, -0.05) is 12.8 Å². The minimum Gasteiger partial charge on any atom is -0.493 e. The number of carbonyl (C=O) groups is 1. The molecule has 1 saturated heterocycles. The Hall–Kier alpha value is -3.53. The molecule has 3 aromatic heterocycles. The van der Waals surface area contributed by atoms with E-state index in [1.165, 1.54) is 6.92 Å². The molecule has 2 N–H and O–H groups in total. The number of ether oxygens (including phenoxy) is 1. The summed E-state index contributed by atoms with van der Waals surface area (Å²) in [5.74, 6) is 1.17. The topological polar surface area (TPSA) is 114 Å². The molecule has 0 aromatic carbocycles. The quantitative estimate of drug-likeness (QED) is 0.517. The summed E-state index contributed by atoms with van der Waals surface area (Å²) in [6.07, 6.45) is 7.39. The van der Waals surface area contributed by atoms with Gasteiger partial charge in [0, 0.05) is 49.9 Å². The fourth-order valence-corrected chi connectivity index (χ4v) is 5.19. The molecule has 1 aliphatic heterocycles. The second kappa shape index (κ2) is 9.61. The summed E-state index contributed by atoms with van der Waals surface area (Å²) in [6, 6.07) is 1.98. The summed E-state index contributed by atoms with van der Waals surface area (Å²) >= 11 is 0. The van der Waals surface area contributed by atoms with E-state index in [2.05, 4.69) is 25.5 Å². The minimum absolute atomic E-state index is 0.0254. The van der Waals surface area contributed by atoms with Gasteiger partial charge in [0.15, 0.2) is 17.4 Å². The summed E-state index contributed by atoms with van der Waals surface area (Å²) in [4.78, 5) is 41.8. The van der Waals surface area contributed by atoms with E-state index < -0.39 is 0 Å². The molecular formula is C25H31N7O3. The standard InChI is InChI=1S/C25H31N7O3/c1-15-19-14-28-25(29-22-20(35-3)12-18(13-27-22)31-10-8-26-9-11-31)30-23(19)32(17-6-4-5-7-17)24(34)21(15)16(2)33/h12-14,17,26H,4-11H2,1-3H3,(H,27,28,29,30). The first-order valence-electron chi connectivity index (χ1n) is 12.2. The number of fused-ring (bicyclic) bond motifs is 1. The maximum Gasteiger partial charge on any atom is 0.263 e. The number of Topliss-reactive ketones (excluding diaryl/α,β-unsaturated/α-hetero) is 1. The van der Waals surface area contributed by atoms with Crippen molar-refractivity contribution >= 4 is 34.3 Å². The van der Waals surface area contributed by atoms with Crippen LogP contribution in [0.25, 0.3) is 11.0 Å². The Kier molecular flexibility index (Phi) is 6.38. The second-order valence-electron chi connectivity index (χ2n) is 9.21. The molecule has 0 atom stereocenters. The summed E-state index contributed by atoms with van der Waals surface area (Å²) in [5.41, 5.74) is 2.11. The predicted octanol–water partition coefficient (Wildman–Crippen LogP) is 2.97. The van der Waals surface area contributed by atoms with Crippen LogP contribution in [0.2, 0.25) is 0 Å². The Morgan fingerprint density at radius 2 is 1.91 bits per heavy atom. The Labute approximate surface area is 203 Å². The average molecular weight is 478 g/mol. The fraction of sp³-hybridized carbons (Fsp3) is 0.480. The summed E-state index contributed by atoms with van der Waals surface area (Å²) in [7, 11) is 1.61. The minimum atomic E-state index is -0.268. The van der Waals surface area contributed by atoms with E-state index in [1.54, 1.807) is 24.8 Å². The van der Waals surface area contributed by atoms with Crippen molar-refractivity contribution in [2.45, 2.75) is 45.6 Å². The smallest absolute Gasteiger partial charge is 0.263 e. The van der Waals surface area contributed by atoms with Gasteiger partial charge in [-0.3, -0.25) is 14.2 Å². The SMILES string of the molecule is COc1cc(N2CCNCC2)cnc1Nc1ncc2c(C)c(C(C)=O)c(=O)n(C3CCCC3)c2n1. The summed E-state index contributed by atoms with van der Waals surface area (Å²) < 4.78 is 7.31. The van der Waals surface area contributed by atoms with E-state index in [9.17, 15) is 9.59 Å². The van der Waals surface area contributed by atoms with Crippen LogP contribution >= 0.6 is 0 Å². The van der Waals surface area contributed by atoms with E-state index in [1.807, 2.05) is 12.3 Å². The normalized spacial score (nSPS) is 16.6. The molecule has 2 fully saturated rings. The zero-order valence-electron chi connectivity index (χ0n) is 20.4. The molecule has 0 amide bonds. The van der Waals surface area contributed by atoms with Gasteiger partial charge < -0.3 is 20.3 Å². The monoisotopic (exact) mass is 477 g/mol. The van der Waals surface area contributed by atoms with Gasteiger partial charge in [-0.15, -0.1) is 0 Å². The van der Waals surface area contributed by atoms with E-state index in [0.717, 1.165) is 57.5 Å². The van der Waals surface area contributed by atoms with Crippen molar-refractivity contribution in [1.82, 2.24) is 24.8 Å². The van der Waals surface area contributed by atoms with E-state index >= 15 is 0 Å². The maximum absolute atomic E-state index is 13.4. The van der Waals surface area contributed by atoms with E-state index in [4.69, 9.17) is 9.72 Å². The molecule has 1 aliphatic carbocycles. The van der Waals surface area contributed by atoms with Crippen molar-refractivity contribution in [3.63, 3.8) is 0 Å². The zero-order chi connectivity index (χ0) is 24.5. The molecule has 3 aromatic rings. The van der Waals surface area contributed by atoms with Crippen LogP contribution in [0.3, 0.4) is 0 Å². The molecule has 184 valence electrons. The number of methoxy groups -OCH3 is 1. The summed E-state index contributed by atoms with van der Waals surface area (Å²) in [6.45, 7) is 6.90. The molecular weight excluding hydrogens is 446 g/mol. The lowest BCUT2D eigenvalue weighted by Crippen LogP contribution is -2.43. The first kappa shape index (κ1) is 23.2. The molecule has 0 unspecified atom stereocenters. The highest BCUT2D eigenvalue weighted by Gasteiger charge is 2.26. The van der Waals surface area contributed by atoms with Gasteiger partial charge >= 0.3 is 0 Å². The average Bonchev–Trinajstić information content (AvgIpc) is 3.39. The lowest BCUT2D eigenvalue weighted by atomic mass is 10.0. The lowest BCUT2D eigenvalue weighted by molar-refractivity contribution is 0.101. The lowest BCUT2D eigenvalue weighted by Gasteiger charge is -2.29. The van der Waals surface area contributed by atoms with Crippen LogP contribution in [-0.2, 0) is 0 Å². The number of aromatic nitrogens is 4. The Morgan fingerprint density at radius 3 is 2.60 bits per heavy atom. The van der Waals surface area contributed by atoms with Gasteiger partial charge in [0.1, 0.15) is 5.65 Å². The van der Waals surface area contributed by atoms with Crippen LogP contribution in [0.5, 0.6) is 5.75 Å². The van der Waals surface area contributed by atoms with Gasteiger partial charge in [-0.05, 0) is 32.3 Å². The van der Waals surface area contributed by atoms with Gasteiger partial charge in [0.2, 0.25) is 5.95 Å². The van der Waals surface area contributed by atoms with Crippen molar-refractivity contribution < 1.29 is 9.53 Å². The van der Waals surface area contributed by atoms with Gasteiger partial charge in [0.05, 0.1) is 24.6 Å². The van der Waals surface area contributed by atoms with Crippen LogP contribution in [0.1, 0.15) is 54.6 Å². The van der Waals surface area contributed by atoms with Gasteiger partial charge in [0.25, 0.3) is 5.56 Å². The van der Waals surface area contributed by atoms with Crippen LogP contribution < -0.4 is 25.8 Å². The third-order valence-electron chi connectivity index (χ3n) is 7.02. The van der Waals surface area contributed by atoms with Crippen LogP contribution in [-0.4, -0.2) is 58.6 Å². The third-order valence-corrected chi connectivity index (χ3v) is 7.02. The molecule has 2 aliphatic rings. The molecule has 10 heteroatoms. The van der Waals surface area contributed by atoms with Gasteiger partial charge in [-0.2, -0.15) is 4.98 Å². The molecule has 0 radical (unpaired) electrons. The van der Waals surface area contributed by atoms with Crippen molar-refractivity contribution in [2.75, 3.05) is 43.5 Å². The molecule has 10 nitrogen and oxygen atoms in total. The van der Waals surface area contributed by atoms with Crippen molar-refractivity contribution in [3.05, 3.63) is 39.9 Å². The highest BCUT2D eigenvalue weighted by Crippen LogP contribution is 2.33. The van der Waals surface area contributed by atoms with Gasteiger partial charge in [-0.25, -0.2) is 9.97 Å². The van der Waals surface area contributed by atoms with E-state index in [-0.39, 0.29) is 22.9 Å². The largest absolute Gasteiger partial charge is 0.493 e.